The summed E-state index contributed by atoms with van der Waals surface area (Å²) in [6.45, 7) is 1.11. The molecule has 0 unspecified atom stereocenters. The van der Waals surface area contributed by atoms with Gasteiger partial charge in [0, 0.05) is 6.38 Å². The van der Waals surface area contributed by atoms with Crippen LogP contribution >= 0.6 is 11.6 Å². The summed E-state index contributed by atoms with van der Waals surface area (Å²) >= 11 is 4.64. The van der Waals surface area contributed by atoms with Crippen LogP contribution in [0.5, 0.6) is 0 Å². The highest BCUT2D eigenvalue weighted by Gasteiger charge is 2.02. The summed E-state index contributed by atoms with van der Waals surface area (Å²) in [5.41, 5.74) is 0. The molecule has 0 heterocycles. The zero-order valence-corrected chi connectivity index (χ0v) is 7.44. The highest BCUT2D eigenvalue weighted by Crippen LogP contribution is 1.84. The Morgan fingerprint density at radius 1 is 1.22 bits per heavy atom. The number of halogens is 1. The van der Waals surface area contributed by atoms with Crippen LogP contribution in [0.4, 0.5) is 0 Å². The molecule has 1 N–H and O–H groups in total. The van der Waals surface area contributed by atoms with Crippen LogP contribution in [-0.4, -0.2) is 50.3 Å². The first-order valence-corrected chi connectivity index (χ1v) is 3.61. The van der Waals surface area contributed by atoms with Gasteiger partial charge >= 0.3 is 0 Å². The Balaban J connectivity index is 0. The molecular formula is C6H17ClNO+. The fraction of sp³-hybridized carbons (Fsp3) is 1.00. The maximum atomic E-state index is 8.39. The third-order valence-electron chi connectivity index (χ3n) is 0.771. The topological polar surface area (TPSA) is 20.2 Å². The zero-order valence-electron chi connectivity index (χ0n) is 6.69. The molecule has 0 spiro atoms. The van der Waals surface area contributed by atoms with Crippen LogP contribution in [0, 0.1) is 0 Å². The first kappa shape index (κ1) is 11.9. The lowest BCUT2D eigenvalue weighted by Gasteiger charge is -2.21. The van der Waals surface area contributed by atoms with Gasteiger partial charge in [-0.15, -0.1) is 11.6 Å². The lowest BCUT2D eigenvalue weighted by molar-refractivity contribution is -0.870. The van der Waals surface area contributed by atoms with Crippen molar-refractivity contribution in [2.75, 3.05) is 40.7 Å². The van der Waals surface area contributed by atoms with E-state index in [2.05, 4.69) is 32.7 Å². The zero-order chi connectivity index (χ0) is 7.91. The fourth-order valence-electron chi connectivity index (χ4n) is 0.300. The fourth-order valence-corrected chi connectivity index (χ4v) is 0.300. The standard InChI is InChI=1S/C5H14NO.CH3Cl/c1-6(2,3)4-5-7;1-2/h7H,4-5H2,1-3H3;1H3/q+1;. The predicted molar refractivity (Wildman–Crippen MR) is 41.8 cm³/mol. The van der Waals surface area contributed by atoms with Crippen molar-refractivity contribution in [3.63, 3.8) is 0 Å². The van der Waals surface area contributed by atoms with Crippen LogP contribution < -0.4 is 0 Å². The first-order valence-electron chi connectivity index (χ1n) is 2.85. The SMILES string of the molecule is CCl.C[N+](C)(C)CCO. The molecule has 9 heavy (non-hydrogen) atoms. The van der Waals surface area contributed by atoms with Gasteiger partial charge in [0.25, 0.3) is 0 Å². The predicted octanol–water partition coefficient (Wildman–Crippen LogP) is 0.540. The van der Waals surface area contributed by atoms with Crippen molar-refractivity contribution >= 4 is 11.6 Å². The van der Waals surface area contributed by atoms with E-state index in [1.54, 1.807) is 0 Å². The van der Waals surface area contributed by atoms with E-state index in [1.165, 1.54) is 6.38 Å². The van der Waals surface area contributed by atoms with E-state index in [1.807, 2.05) is 0 Å². The number of hydrogen-bond acceptors (Lipinski definition) is 1. The summed E-state index contributed by atoms with van der Waals surface area (Å²) in [4.78, 5) is 0. The van der Waals surface area contributed by atoms with Crippen LogP contribution in [0.25, 0.3) is 0 Å². The minimum absolute atomic E-state index is 0.281. The maximum absolute atomic E-state index is 8.39. The number of likely N-dealkylation sites (N-methyl/N-ethyl adjacent to an activating group) is 1. The molecule has 0 amide bonds. The van der Waals surface area contributed by atoms with Crippen molar-refractivity contribution in [1.29, 1.82) is 0 Å². The molecule has 3 heteroatoms. The van der Waals surface area contributed by atoms with Gasteiger partial charge in [0.2, 0.25) is 0 Å². The summed E-state index contributed by atoms with van der Waals surface area (Å²) < 4.78 is 0.844. The molecule has 0 rings (SSSR count). The smallest absolute Gasteiger partial charge is 0.101 e. The van der Waals surface area contributed by atoms with Gasteiger partial charge in [-0.25, -0.2) is 0 Å². The Hall–Kier alpha value is 0.210. The quantitative estimate of drug-likeness (QED) is 0.455. The average Bonchev–Trinajstić information content (AvgIpc) is 1.69. The molecule has 58 valence electrons. The third-order valence-corrected chi connectivity index (χ3v) is 0.771. The Bertz CT molecular complexity index is 51.5. The summed E-state index contributed by atoms with van der Waals surface area (Å²) in [7, 11) is 6.16. The molecule has 0 saturated carbocycles. The van der Waals surface area contributed by atoms with Crippen LogP contribution in [-0.2, 0) is 0 Å². The molecule has 0 fully saturated rings. The van der Waals surface area contributed by atoms with E-state index in [-0.39, 0.29) is 6.61 Å². The summed E-state index contributed by atoms with van der Waals surface area (Å²) in [5.74, 6) is 0. The van der Waals surface area contributed by atoms with E-state index in [9.17, 15) is 0 Å². The van der Waals surface area contributed by atoms with Crippen molar-refractivity contribution < 1.29 is 9.59 Å². The largest absolute Gasteiger partial charge is 0.391 e. The Morgan fingerprint density at radius 2 is 1.56 bits per heavy atom. The van der Waals surface area contributed by atoms with Gasteiger partial charge in [-0.05, 0) is 0 Å². The van der Waals surface area contributed by atoms with Crippen LogP contribution in [0.3, 0.4) is 0 Å². The number of aliphatic hydroxyl groups excluding tert-OH is 1. The number of aliphatic hydroxyl groups is 1. The molecule has 0 atom stereocenters. The molecule has 0 aromatic carbocycles. The molecule has 2 nitrogen and oxygen atoms in total. The van der Waals surface area contributed by atoms with Crippen molar-refractivity contribution in [2.45, 2.75) is 0 Å². The molecule has 0 aliphatic rings. The van der Waals surface area contributed by atoms with Gasteiger partial charge in [0.1, 0.15) is 6.54 Å². The second kappa shape index (κ2) is 6.33. The number of alkyl halides is 1. The van der Waals surface area contributed by atoms with E-state index in [0.717, 1.165) is 11.0 Å². The number of nitrogens with zero attached hydrogens (tertiary/aromatic N) is 1. The maximum Gasteiger partial charge on any atom is 0.101 e. The van der Waals surface area contributed by atoms with Gasteiger partial charge in [0.15, 0.2) is 0 Å². The Labute approximate surface area is 62.6 Å². The molecule has 0 radical (unpaired) electrons. The minimum atomic E-state index is 0.281. The van der Waals surface area contributed by atoms with Crippen LogP contribution in [0.1, 0.15) is 0 Å². The summed E-state index contributed by atoms with van der Waals surface area (Å²) in [6.07, 6.45) is 1.47. The van der Waals surface area contributed by atoms with Crippen molar-refractivity contribution in [2.24, 2.45) is 0 Å². The van der Waals surface area contributed by atoms with Gasteiger partial charge in [-0.3, -0.25) is 0 Å². The summed E-state index contributed by atoms with van der Waals surface area (Å²) in [5, 5.41) is 8.39. The number of rotatable bonds is 2. The van der Waals surface area contributed by atoms with Gasteiger partial charge in [0.05, 0.1) is 27.7 Å². The Kier molecular flexibility index (Phi) is 8.40. The molecular weight excluding hydrogens is 138 g/mol. The second-order valence-corrected chi connectivity index (χ2v) is 2.74. The van der Waals surface area contributed by atoms with Gasteiger partial charge in [-0.1, -0.05) is 0 Å². The highest BCUT2D eigenvalue weighted by atomic mass is 35.5. The molecule has 0 aliphatic heterocycles. The van der Waals surface area contributed by atoms with Crippen molar-refractivity contribution in [1.82, 2.24) is 0 Å². The van der Waals surface area contributed by atoms with Gasteiger partial charge < -0.3 is 9.59 Å². The van der Waals surface area contributed by atoms with E-state index >= 15 is 0 Å². The normalized spacial score (nSPS) is 10.0. The van der Waals surface area contributed by atoms with Gasteiger partial charge in [-0.2, -0.15) is 0 Å². The molecule has 0 aliphatic carbocycles. The minimum Gasteiger partial charge on any atom is -0.391 e. The van der Waals surface area contributed by atoms with E-state index in [0.29, 0.717) is 0 Å². The number of hydrogen-bond donors (Lipinski definition) is 1. The average molecular weight is 155 g/mol. The molecule has 0 bridgehead atoms. The lowest BCUT2D eigenvalue weighted by atomic mass is 10.5. The van der Waals surface area contributed by atoms with Crippen LogP contribution in [0.15, 0.2) is 0 Å². The van der Waals surface area contributed by atoms with Crippen molar-refractivity contribution in [3.8, 4) is 0 Å². The molecule has 0 aromatic heterocycles. The second-order valence-electron chi connectivity index (χ2n) is 2.74. The monoisotopic (exact) mass is 154 g/mol. The van der Waals surface area contributed by atoms with E-state index < -0.39 is 0 Å². The molecule has 0 aromatic rings. The highest BCUT2D eigenvalue weighted by molar-refractivity contribution is 6.15. The Morgan fingerprint density at radius 3 is 1.56 bits per heavy atom. The number of quaternary nitrogens is 1. The van der Waals surface area contributed by atoms with E-state index in [4.69, 9.17) is 5.11 Å². The van der Waals surface area contributed by atoms with Crippen LogP contribution in [0.2, 0.25) is 0 Å². The van der Waals surface area contributed by atoms with Crippen molar-refractivity contribution in [3.05, 3.63) is 0 Å². The summed E-state index contributed by atoms with van der Waals surface area (Å²) in [6, 6.07) is 0. The lowest BCUT2D eigenvalue weighted by Crippen LogP contribution is -2.36. The third kappa shape index (κ3) is 17.9. The molecule has 0 saturated heterocycles. The first-order chi connectivity index (χ1) is 4.06.